The van der Waals surface area contributed by atoms with Crippen molar-refractivity contribution >= 4 is 5.69 Å². The fraction of sp³-hybridized carbons (Fsp3) is 0.455. The van der Waals surface area contributed by atoms with Gasteiger partial charge in [0.05, 0.1) is 5.69 Å². The Morgan fingerprint density at radius 1 is 1.38 bits per heavy atom. The monoisotopic (exact) mass is 181 g/mol. The minimum absolute atomic E-state index is 0.175. The highest BCUT2D eigenvalue weighted by Crippen LogP contribution is 2.21. The minimum atomic E-state index is -0.175. The molecule has 0 aliphatic heterocycles. The quantitative estimate of drug-likeness (QED) is 0.753. The Bertz CT molecular complexity index is 281. The van der Waals surface area contributed by atoms with Gasteiger partial charge in [0.25, 0.3) is 0 Å². The summed E-state index contributed by atoms with van der Waals surface area (Å²) >= 11 is 0. The fourth-order valence-corrected chi connectivity index (χ4v) is 1.23. The van der Waals surface area contributed by atoms with Crippen LogP contribution in [-0.2, 0) is 0 Å². The number of nitrogens with one attached hydrogen (secondary N) is 1. The first-order valence-electron chi connectivity index (χ1n) is 4.68. The Kier molecular flexibility index (Phi) is 3.29. The van der Waals surface area contributed by atoms with Crippen molar-refractivity contribution in [1.82, 2.24) is 0 Å². The number of halogens is 1. The molecule has 0 saturated heterocycles. The van der Waals surface area contributed by atoms with Gasteiger partial charge >= 0.3 is 0 Å². The zero-order valence-electron chi connectivity index (χ0n) is 8.39. The van der Waals surface area contributed by atoms with Crippen LogP contribution in [0.3, 0.4) is 0 Å². The van der Waals surface area contributed by atoms with Crippen molar-refractivity contribution < 1.29 is 4.39 Å². The van der Waals surface area contributed by atoms with Gasteiger partial charge in [0.1, 0.15) is 5.82 Å². The van der Waals surface area contributed by atoms with Gasteiger partial charge in [0, 0.05) is 6.54 Å². The topological polar surface area (TPSA) is 12.0 Å². The maximum Gasteiger partial charge on any atom is 0.146 e. The van der Waals surface area contributed by atoms with Crippen LogP contribution >= 0.6 is 0 Å². The molecule has 72 valence electrons. The van der Waals surface area contributed by atoms with E-state index in [0.29, 0.717) is 11.6 Å². The summed E-state index contributed by atoms with van der Waals surface area (Å²) in [5.41, 5.74) is 1.77. The van der Waals surface area contributed by atoms with Crippen LogP contribution in [0.1, 0.15) is 32.3 Å². The van der Waals surface area contributed by atoms with E-state index in [9.17, 15) is 4.39 Å². The second-order valence-corrected chi connectivity index (χ2v) is 3.42. The molecule has 0 aromatic heterocycles. The second kappa shape index (κ2) is 4.26. The molecule has 0 heterocycles. The van der Waals surface area contributed by atoms with E-state index in [0.717, 1.165) is 12.1 Å². The third kappa shape index (κ3) is 2.44. The van der Waals surface area contributed by atoms with Crippen LogP contribution < -0.4 is 5.32 Å². The van der Waals surface area contributed by atoms with Crippen LogP contribution in [-0.4, -0.2) is 6.54 Å². The molecular formula is C11H16FN. The van der Waals surface area contributed by atoms with Gasteiger partial charge in [0.15, 0.2) is 0 Å². The molecule has 0 fully saturated rings. The molecule has 13 heavy (non-hydrogen) atoms. The third-order valence-corrected chi connectivity index (χ3v) is 2.02. The molecule has 0 saturated carbocycles. The van der Waals surface area contributed by atoms with E-state index in [2.05, 4.69) is 19.2 Å². The van der Waals surface area contributed by atoms with Crippen LogP contribution in [0.15, 0.2) is 18.2 Å². The van der Waals surface area contributed by atoms with E-state index >= 15 is 0 Å². The molecule has 1 aromatic rings. The highest BCUT2D eigenvalue weighted by molar-refractivity contribution is 5.47. The molecule has 0 aliphatic rings. The predicted octanol–water partition coefficient (Wildman–Crippen LogP) is 3.38. The Morgan fingerprint density at radius 3 is 2.62 bits per heavy atom. The van der Waals surface area contributed by atoms with Crippen molar-refractivity contribution in [2.45, 2.75) is 26.7 Å². The average Bonchev–Trinajstić information content (AvgIpc) is 2.08. The van der Waals surface area contributed by atoms with Crippen LogP contribution in [0.2, 0.25) is 0 Å². The Morgan fingerprint density at radius 2 is 2.08 bits per heavy atom. The van der Waals surface area contributed by atoms with Crippen LogP contribution in [0, 0.1) is 5.82 Å². The smallest absolute Gasteiger partial charge is 0.146 e. The lowest BCUT2D eigenvalue weighted by molar-refractivity contribution is 0.629. The van der Waals surface area contributed by atoms with Crippen molar-refractivity contribution in [2.24, 2.45) is 0 Å². The molecule has 1 rings (SSSR count). The standard InChI is InChI=1S/C11H16FN/c1-4-13-11-7-9(8(2)3)5-6-10(11)12/h5-8,13H,4H2,1-3H3. The third-order valence-electron chi connectivity index (χ3n) is 2.02. The van der Waals surface area contributed by atoms with Crippen molar-refractivity contribution in [3.63, 3.8) is 0 Å². The maximum atomic E-state index is 13.2. The highest BCUT2D eigenvalue weighted by atomic mass is 19.1. The van der Waals surface area contributed by atoms with E-state index in [-0.39, 0.29) is 5.82 Å². The van der Waals surface area contributed by atoms with Crippen molar-refractivity contribution in [3.05, 3.63) is 29.6 Å². The summed E-state index contributed by atoms with van der Waals surface area (Å²) in [6, 6.07) is 5.23. The van der Waals surface area contributed by atoms with Crippen molar-refractivity contribution in [1.29, 1.82) is 0 Å². The zero-order chi connectivity index (χ0) is 9.84. The molecule has 1 N–H and O–H groups in total. The van der Waals surface area contributed by atoms with Gasteiger partial charge in [-0.3, -0.25) is 0 Å². The highest BCUT2D eigenvalue weighted by Gasteiger charge is 2.04. The van der Waals surface area contributed by atoms with E-state index in [1.54, 1.807) is 0 Å². The fourth-order valence-electron chi connectivity index (χ4n) is 1.23. The van der Waals surface area contributed by atoms with Gasteiger partial charge in [-0.15, -0.1) is 0 Å². The maximum absolute atomic E-state index is 13.2. The van der Waals surface area contributed by atoms with E-state index in [1.165, 1.54) is 6.07 Å². The summed E-state index contributed by atoms with van der Waals surface area (Å²) in [6.45, 7) is 6.91. The van der Waals surface area contributed by atoms with Crippen molar-refractivity contribution in [2.75, 3.05) is 11.9 Å². The summed E-state index contributed by atoms with van der Waals surface area (Å²) in [4.78, 5) is 0. The minimum Gasteiger partial charge on any atom is -0.383 e. The molecule has 1 nitrogen and oxygen atoms in total. The lowest BCUT2D eigenvalue weighted by atomic mass is 10.0. The molecule has 0 bridgehead atoms. The molecule has 2 heteroatoms. The SMILES string of the molecule is CCNc1cc(C(C)C)ccc1F. The molecule has 0 spiro atoms. The number of hydrogen-bond acceptors (Lipinski definition) is 1. The lowest BCUT2D eigenvalue weighted by Crippen LogP contribution is -2.00. The lowest BCUT2D eigenvalue weighted by Gasteiger charge is -2.09. The van der Waals surface area contributed by atoms with Gasteiger partial charge in [-0.2, -0.15) is 0 Å². The summed E-state index contributed by atoms with van der Waals surface area (Å²) in [5.74, 6) is 0.268. The summed E-state index contributed by atoms with van der Waals surface area (Å²) in [7, 11) is 0. The van der Waals surface area contributed by atoms with Gasteiger partial charge < -0.3 is 5.32 Å². The first kappa shape index (κ1) is 10.0. The Labute approximate surface area is 79.0 Å². The van der Waals surface area contributed by atoms with Gasteiger partial charge in [0.2, 0.25) is 0 Å². The Balaban J connectivity index is 2.97. The largest absolute Gasteiger partial charge is 0.383 e. The number of benzene rings is 1. The molecule has 1 aromatic carbocycles. The number of hydrogen-bond donors (Lipinski definition) is 1. The molecule has 0 atom stereocenters. The molecule has 0 unspecified atom stereocenters. The van der Waals surface area contributed by atoms with Crippen LogP contribution in [0.5, 0.6) is 0 Å². The second-order valence-electron chi connectivity index (χ2n) is 3.42. The summed E-state index contributed by atoms with van der Waals surface area (Å²) in [6.07, 6.45) is 0. The first-order valence-corrected chi connectivity index (χ1v) is 4.68. The number of anilines is 1. The Hall–Kier alpha value is -1.05. The normalized spacial score (nSPS) is 10.5. The van der Waals surface area contributed by atoms with Crippen LogP contribution in [0.4, 0.5) is 10.1 Å². The summed E-state index contributed by atoms with van der Waals surface area (Å²) in [5, 5.41) is 3.00. The summed E-state index contributed by atoms with van der Waals surface area (Å²) < 4.78 is 13.2. The van der Waals surface area contributed by atoms with E-state index in [1.807, 2.05) is 19.1 Å². The van der Waals surface area contributed by atoms with Crippen molar-refractivity contribution in [3.8, 4) is 0 Å². The molecule has 0 amide bonds. The zero-order valence-corrected chi connectivity index (χ0v) is 8.39. The predicted molar refractivity (Wildman–Crippen MR) is 54.7 cm³/mol. The molecular weight excluding hydrogens is 165 g/mol. The first-order chi connectivity index (χ1) is 6.15. The average molecular weight is 181 g/mol. The van der Waals surface area contributed by atoms with Gasteiger partial charge in [-0.05, 0) is 30.5 Å². The molecule has 0 aliphatic carbocycles. The molecule has 0 radical (unpaired) electrons. The van der Waals surface area contributed by atoms with Gasteiger partial charge in [-0.1, -0.05) is 19.9 Å². The number of rotatable bonds is 3. The van der Waals surface area contributed by atoms with Crippen LogP contribution in [0.25, 0.3) is 0 Å². The van der Waals surface area contributed by atoms with E-state index in [4.69, 9.17) is 0 Å². The van der Waals surface area contributed by atoms with Gasteiger partial charge in [-0.25, -0.2) is 4.39 Å². The van der Waals surface area contributed by atoms with E-state index < -0.39 is 0 Å².